The zero-order valence-corrected chi connectivity index (χ0v) is 16.4. The van der Waals surface area contributed by atoms with Gasteiger partial charge in [0.05, 0.1) is 4.92 Å². The van der Waals surface area contributed by atoms with E-state index in [2.05, 4.69) is 10.3 Å². The van der Waals surface area contributed by atoms with Gasteiger partial charge in [0, 0.05) is 29.8 Å². The first-order valence-electron chi connectivity index (χ1n) is 9.27. The van der Waals surface area contributed by atoms with Crippen LogP contribution in [0.5, 0.6) is 0 Å². The smallest absolute Gasteiger partial charge is 0.296 e. The van der Waals surface area contributed by atoms with E-state index in [1.807, 2.05) is 13.8 Å². The molecule has 8 heteroatoms. The second kappa shape index (κ2) is 8.22. The normalized spacial score (nSPS) is 10.8. The Morgan fingerprint density at radius 1 is 1.14 bits per heavy atom. The lowest BCUT2D eigenvalue weighted by Gasteiger charge is -2.17. The first-order valence-corrected chi connectivity index (χ1v) is 9.27. The number of benzene rings is 1. The number of hydrogen-bond acceptors (Lipinski definition) is 5. The van der Waals surface area contributed by atoms with Crippen LogP contribution in [0.25, 0.3) is 5.69 Å². The van der Waals surface area contributed by atoms with Crippen LogP contribution in [0.1, 0.15) is 30.7 Å². The fraction of sp³-hybridized carbons (Fsp3) is 0.238. The van der Waals surface area contributed by atoms with Crippen molar-refractivity contribution in [2.75, 3.05) is 5.32 Å². The molecule has 0 aliphatic rings. The van der Waals surface area contributed by atoms with Crippen LogP contribution in [0, 0.1) is 22.9 Å². The Hall–Kier alpha value is -3.55. The summed E-state index contributed by atoms with van der Waals surface area (Å²) in [5.74, 6) is -0.839. The highest BCUT2D eigenvalue weighted by molar-refractivity contribution is 5.67. The molecular weight excluding hydrogens is 375 g/mol. The van der Waals surface area contributed by atoms with Crippen LogP contribution in [0.2, 0.25) is 0 Å². The summed E-state index contributed by atoms with van der Waals surface area (Å²) in [5.41, 5.74) is 1.82. The molecule has 0 aliphatic carbocycles. The fourth-order valence-corrected chi connectivity index (χ4v) is 3.26. The molecule has 0 spiro atoms. The minimum Gasteiger partial charge on any atom is -0.350 e. The Labute approximate surface area is 167 Å². The molecule has 0 amide bonds. The third kappa shape index (κ3) is 3.73. The molecule has 0 saturated carbocycles. The largest absolute Gasteiger partial charge is 0.350 e. The number of anilines is 2. The lowest BCUT2D eigenvalue weighted by Crippen LogP contribution is -2.25. The van der Waals surface area contributed by atoms with E-state index in [1.165, 1.54) is 12.1 Å². The second-order valence-electron chi connectivity index (χ2n) is 6.56. The molecule has 0 fully saturated rings. The first kappa shape index (κ1) is 20.2. The number of nitrogens with one attached hydrogen (secondary N) is 1. The molecule has 0 radical (unpaired) electrons. The Kier molecular flexibility index (Phi) is 5.72. The average molecular weight is 396 g/mol. The van der Waals surface area contributed by atoms with Gasteiger partial charge in [-0.1, -0.05) is 19.9 Å². The van der Waals surface area contributed by atoms with Gasteiger partial charge in [0.1, 0.15) is 5.69 Å². The van der Waals surface area contributed by atoms with Gasteiger partial charge in [-0.25, -0.2) is 4.39 Å². The van der Waals surface area contributed by atoms with Gasteiger partial charge in [-0.2, -0.15) is 0 Å². The van der Waals surface area contributed by atoms with Crippen LogP contribution in [0.3, 0.4) is 0 Å². The predicted octanol–water partition coefficient (Wildman–Crippen LogP) is 4.46. The minimum atomic E-state index is -0.839. The molecule has 0 aliphatic heterocycles. The molecule has 2 aromatic heterocycles. The summed E-state index contributed by atoms with van der Waals surface area (Å²) in [6.45, 7) is 5.57. The minimum absolute atomic E-state index is 0.198. The summed E-state index contributed by atoms with van der Waals surface area (Å²) in [4.78, 5) is 28.2. The maximum Gasteiger partial charge on any atom is 0.296 e. The Morgan fingerprint density at radius 3 is 2.38 bits per heavy atom. The molecule has 1 aromatic carbocycles. The van der Waals surface area contributed by atoms with Crippen molar-refractivity contribution in [2.45, 2.75) is 33.6 Å². The van der Waals surface area contributed by atoms with Gasteiger partial charge in [0.25, 0.3) is 11.2 Å². The van der Waals surface area contributed by atoms with E-state index in [0.29, 0.717) is 18.5 Å². The number of hydrogen-bond donors (Lipinski definition) is 1. The number of para-hydroxylation sites is 1. The van der Waals surface area contributed by atoms with E-state index >= 15 is 0 Å². The Bertz CT molecular complexity index is 1120. The molecule has 0 atom stereocenters. The highest BCUT2D eigenvalue weighted by Gasteiger charge is 2.23. The van der Waals surface area contributed by atoms with E-state index < -0.39 is 22.0 Å². The van der Waals surface area contributed by atoms with E-state index in [1.54, 1.807) is 31.5 Å². The number of aromatic nitrogens is 2. The van der Waals surface area contributed by atoms with E-state index in [4.69, 9.17) is 0 Å². The first-order chi connectivity index (χ1) is 13.9. The number of nitro groups is 1. The highest BCUT2D eigenvalue weighted by atomic mass is 19.1. The molecular formula is C21H21FN4O3. The van der Waals surface area contributed by atoms with Crippen molar-refractivity contribution in [1.82, 2.24) is 9.55 Å². The zero-order valence-electron chi connectivity index (χ0n) is 16.4. The summed E-state index contributed by atoms with van der Waals surface area (Å²) in [5, 5.41) is 14.6. The van der Waals surface area contributed by atoms with Crippen LogP contribution >= 0.6 is 0 Å². The van der Waals surface area contributed by atoms with E-state index in [9.17, 15) is 19.3 Å². The van der Waals surface area contributed by atoms with Gasteiger partial charge in [-0.05, 0) is 49.1 Å². The molecule has 150 valence electrons. The molecule has 1 N–H and O–H groups in total. The molecule has 0 unspecified atom stereocenters. The number of halogens is 1. The van der Waals surface area contributed by atoms with E-state index in [-0.39, 0.29) is 11.4 Å². The van der Waals surface area contributed by atoms with Crippen molar-refractivity contribution < 1.29 is 9.31 Å². The Morgan fingerprint density at radius 2 is 1.79 bits per heavy atom. The van der Waals surface area contributed by atoms with Crippen LogP contribution in [-0.2, 0) is 12.8 Å². The summed E-state index contributed by atoms with van der Waals surface area (Å²) >= 11 is 0. The van der Waals surface area contributed by atoms with Crippen molar-refractivity contribution in [1.29, 1.82) is 0 Å². The summed E-state index contributed by atoms with van der Waals surface area (Å²) in [6, 6.07) is 6.75. The van der Waals surface area contributed by atoms with E-state index in [0.717, 1.165) is 27.4 Å². The summed E-state index contributed by atoms with van der Waals surface area (Å²) in [6.07, 6.45) is 4.88. The van der Waals surface area contributed by atoms with Crippen molar-refractivity contribution >= 4 is 17.1 Å². The number of nitrogens with zero attached hydrogens (tertiary/aromatic N) is 3. The molecule has 7 nitrogen and oxygen atoms in total. The number of aryl methyl sites for hydroxylation is 3. The molecule has 3 rings (SSSR count). The van der Waals surface area contributed by atoms with Crippen molar-refractivity contribution in [3.05, 3.63) is 85.8 Å². The van der Waals surface area contributed by atoms with Crippen LogP contribution in [-0.4, -0.2) is 14.5 Å². The van der Waals surface area contributed by atoms with Crippen molar-refractivity contribution in [3.8, 4) is 5.69 Å². The standard InChI is InChI=1S/C21H21FN4O3/c1-4-14-11-23-12-15(5-2)19(14)24-17-10-9-13(3)25(21(17)27)20-16(22)7-6-8-18(20)26(28)29/h6-12H,4-5H2,1-3H3,(H,23,24). The Balaban J connectivity index is 2.22. The van der Waals surface area contributed by atoms with Crippen LogP contribution in [0.15, 0.2) is 47.5 Å². The maximum absolute atomic E-state index is 14.6. The third-order valence-electron chi connectivity index (χ3n) is 4.79. The molecule has 0 saturated heterocycles. The van der Waals surface area contributed by atoms with Crippen molar-refractivity contribution in [2.24, 2.45) is 0 Å². The average Bonchev–Trinajstić information content (AvgIpc) is 2.71. The third-order valence-corrected chi connectivity index (χ3v) is 4.79. The molecule has 3 aromatic rings. The van der Waals surface area contributed by atoms with Gasteiger partial charge >= 0.3 is 0 Å². The topological polar surface area (TPSA) is 90.1 Å². The van der Waals surface area contributed by atoms with Gasteiger partial charge in [-0.3, -0.25) is 24.5 Å². The van der Waals surface area contributed by atoms with Crippen LogP contribution < -0.4 is 10.9 Å². The zero-order chi connectivity index (χ0) is 21.1. The van der Waals surface area contributed by atoms with Gasteiger partial charge in [0.15, 0.2) is 11.5 Å². The highest BCUT2D eigenvalue weighted by Crippen LogP contribution is 2.28. The predicted molar refractivity (Wildman–Crippen MR) is 110 cm³/mol. The van der Waals surface area contributed by atoms with Gasteiger partial charge in [0.2, 0.25) is 0 Å². The quantitative estimate of drug-likeness (QED) is 0.491. The molecule has 29 heavy (non-hydrogen) atoms. The second-order valence-corrected chi connectivity index (χ2v) is 6.56. The number of pyridine rings is 2. The summed E-state index contributed by atoms with van der Waals surface area (Å²) in [7, 11) is 0. The van der Waals surface area contributed by atoms with Crippen LogP contribution in [0.4, 0.5) is 21.5 Å². The number of nitro benzene ring substituents is 1. The maximum atomic E-state index is 14.6. The van der Waals surface area contributed by atoms with Gasteiger partial charge in [-0.15, -0.1) is 0 Å². The fourth-order valence-electron chi connectivity index (χ4n) is 3.26. The summed E-state index contributed by atoms with van der Waals surface area (Å²) < 4.78 is 15.6. The monoisotopic (exact) mass is 396 g/mol. The lowest BCUT2D eigenvalue weighted by molar-refractivity contribution is -0.384. The molecule has 2 heterocycles. The SMILES string of the molecule is CCc1cncc(CC)c1Nc1ccc(C)n(-c2c(F)cccc2[N+](=O)[O-])c1=O. The number of rotatable bonds is 6. The lowest BCUT2D eigenvalue weighted by atomic mass is 10.1. The molecule has 0 bridgehead atoms. The van der Waals surface area contributed by atoms with Crippen molar-refractivity contribution in [3.63, 3.8) is 0 Å². The van der Waals surface area contributed by atoms with Gasteiger partial charge < -0.3 is 5.32 Å².